The Bertz CT molecular complexity index is 22.5. The Balaban J connectivity index is 2.17. The molecule has 1 atom stereocenters. The molecule has 1 heteroatoms. The van der Waals surface area contributed by atoms with E-state index in [1.54, 1.807) is 0 Å². The van der Waals surface area contributed by atoms with Gasteiger partial charge >= 0.3 is 0 Å². The van der Waals surface area contributed by atoms with Gasteiger partial charge in [-0.2, -0.15) is 0 Å². The molecule has 0 aliphatic carbocycles. The van der Waals surface area contributed by atoms with Crippen LogP contribution in [0.2, 0.25) is 0 Å². The molecule has 1 rings (SSSR count). The van der Waals surface area contributed by atoms with Crippen LogP contribution in [0.1, 0.15) is 6.92 Å². The molecule has 1 aliphatic heterocycles. The Hall–Kier alpha value is -0.0400. The van der Waals surface area contributed by atoms with Crippen LogP contribution in [0.5, 0.6) is 0 Å². The lowest BCUT2D eigenvalue weighted by Crippen LogP contribution is -1.65. The molecule has 1 aliphatic rings. The molecule has 4 heavy (non-hydrogen) atoms. The molecule has 0 bridgehead atoms. The summed E-state index contributed by atoms with van der Waals surface area (Å²) >= 11 is 0. The molecule has 0 spiro atoms. The smallest absolute Gasteiger partial charge is 0.0360 e. The highest BCUT2D eigenvalue weighted by atomic mass is 15.1. The van der Waals surface area contributed by atoms with Crippen molar-refractivity contribution in [3.8, 4) is 0 Å². The number of hydrogen-bond donors (Lipinski definition) is 0. The number of hydrogen-bond acceptors (Lipinski definition) is 0. The van der Waals surface area contributed by atoms with Crippen LogP contribution in [0, 0.1) is 0 Å². The Kier molecular flexibility index (Phi) is 0.256. The first-order valence-electron chi connectivity index (χ1n) is 1.56. The highest BCUT2D eigenvalue weighted by Crippen LogP contribution is 1.93. The molecule has 0 N–H and O–H groups in total. The molecule has 0 amide bonds. The van der Waals surface area contributed by atoms with Crippen molar-refractivity contribution in [2.75, 3.05) is 6.54 Å². The Morgan fingerprint density at radius 2 is 2.25 bits per heavy atom. The summed E-state index contributed by atoms with van der Waals surface area (Å²) in [5.74, 6) is 0. The summed E-state index contributed by atoms with van der Waals surface area (Å²) in [5.41, 5.74) is 0. The van der Waals surface area contributed by atoms with Crippen molar-refractivity contribution >= 4 is 0 Å². The van der Waals surface area contributed by atoms with Crippen molar-refractivity contribution < 1.29 is 0 Å². The molecular weight excluding hydrogens is 50.0 g/mol. The second-order valence-electron chi connectivity index (χ2n) is 1.21. The fourth-order valence-corrected chi connectivity index (χ4v) is 0.105. The van der Waals surface area contributed by atoms with E-state index < -0.39 is 0 Å². The van der Waals surface area contributed by atoms with Gasteiger partial charge in [0, 0.05) is 12.6 Å². The van der Waals surface area contributed by atoms with Crippen LogP contribution >= 0.6 is 0 Å². The van der Waals surface area contributed by atoms with E-state index in [-0.39, 0.29) is 0 Å². The van der Waals surface area contributed by atoms with E-state index in [1.807, 2.05) is 0 Å². The summed E-state index contributed by atoms with van der Waals surface area (Å²) in [6.45, 7) is 3.22. The summed E-state index contributed by atoms with van der Waals surface area (Å²) in [4.78, 5) is 0. The first kappa shape index (κ1) is 2.21. The third-order valence-corrected chi connectivity index (χ3v) is 0.548. The average molecular weight is 56.1 g/mol. The fraction of sp³-hybridized carbons (Fsp3) is 1.00. The lowest BCUT2D eigenvalue weighted by atomic mass is 10.6. The lowest BCUT2D eigenvalue weighted by Gasteiger charge is -1.50. The highest BCUT2D eigenvalue weighted by Gasteiger charge is 2.13. The van der Waals surface area contributed by atoms with E-state index in [2.05, 4.69) is 12.2 Å². The van der Waals surface area contributed by atoms with Crippen LogP contribution in [-0.2, 0) is 0 Å². The van der Waals surface area contributed by atoms with Gasteiger partial charge in [0.15, 0.2) is 0 Å². The fourth-order valence-electron chi connectivity index (χ4n) is 0.105. The summed E-state index contributed by atoms with van der Waals surface area (Å²) in [6, 6.07) is 0.708. The Labute approximate surface area is 26.0 Å². The van der Waals surface area contributed by atoms with Gasteiger partial charge < -0.3 is 0 Å². The molecule has 1 saturated heterocycles. The molecule has 0 aromatic carbocycles. The van der Waals surface area contributed by atoms with Gasteiger partial charge in [-0.05, 0) is 6.92 Å². The topological polar surface area (TPSA) is 14.1 Å². The van der Waals surface area contributed by atoms with Gasteiger partial charge in [0.05, 0.1) is 0 Å². The summed E-state index contributed by atoms with van der Waals surface area (Å²) in [6.07, 6.45) is 0. The minimum Gasteiger partial charge on any atom is -0.236 e. The van der Waals surface area contributed by atoms with E-state index in [9.17, 15) is 0 Å². The average Bonchev–Trinajstić information content (AvgIpc) is 1.75. The predicted octanol–water partition coefficient (Wildman–Crippen LogP) is -0.00710. The normalized spacial score (nSPS) is 39.8. The van der Waals surface area contributed by atoms with Crippen molar-refractivity contribution in [2.45, 2.75) is 13.0 Å². The molecular formula is C3H6N. The maximum Gasteiger partial charge on any atom is 0.0360 e. The molecule has 1 radical (unpaired) electrons. The van der Waals surface area contributed by atoms with Crippen molar-refractivity contribution in [3.63, 3.8) is 0 Å². The van der Waals surface area contributed by atoms with Gasteiger partial charge in [-0.15, -0.1) is 0 Å². The second kappa shape index (κ2) is 0.462. The first-order chi connectivity index (χ1) is 1.89. The minimum atomic E-state index is 0.708. The third-order valence-electron chi connectivity index (χ3n) is 0.548. The second-order valence-corrected chi connectivity index (χ2v) is 1.21. The molecule has 1 heterocycles. The van der Waals surface area contributed by atoms with Crippen molar-refractivity contribution in [2.24, 2.45) is 0 Å². The SMILES string of the molecule is CC1C[N]1. The largest absolute Gasteiger partial charge is 0.236 e. The van der Waals surface area contributed by atoms with Gasteiger partial charge in [0.1, 0.15) is 0 Å². The van der Waals surface area contributed by atoms with Crippen molar-refractivity contribution in [1.82, 2.24) is 5.32 Å². The van der Waals surface area contributed by atoms with Crippen LogP contribution in [0.4, 0.5) is 0 Å². The summed E-state index contributed by atoms with van der Waals surface area (Å²) < 4.78 is 0. The number of nitrogens with zero attached hydrogens (tertiary/aromatic N) is 1. The van der Waals surface area contributed by atoms with E-state index >= 15 is 0 Å². The Morgan fingerprint density at radius 3 is 2.25 bits per heavy atom. The van der Waals surface area contributed by atoms with Gasteiger partial charge in [0.2, 0.25) is 0 Å². The quantitative estimate of drug-likeness (QED) is 0.347. The van der Waals surface area contributed by atoms with Gasteiger partial charge in [-0.3, -0.25) is 0 Å². The number of rotatable bonds is 0. The molecule has 1 fully saturated rings. The van der Waals surface area contributed by atoms with Crippen molar-refractivity contribution in [3.05, 3.63) is 0 Å². The maximum absolute atomic E-state index is 3.90. The lowest BCUT2D eigenvalue weighted by molar-refractivity contribution is 1.08. The van der Waals surface area contributed by atoms with E-state index in [4.69, 9.17) is 0 Å². The summed E-state index contributed by atoms with van der Waals surface area (Å²) in [5, 5.41) is 3.90. The first-order valence-corrected chi connectivity index (χ1v) is 1.56. The monoisotopic (exact) mass is 56.1 g/mol. The summed E-state index contributed by atoms with van der Waals surface area (Å²) in [7, 11) is 0. The molecule has 23 valence electrons. The van der Waals surface area contributed by atoms with Crippen LogP contribution in [0.25, 0.3) is 0 Å². The van der Waals surface area contributed by atoms with E-state index in [1.165, 1.54) is 0 Å². The molecule has 1 nitrogen and oxygen atoms in total. The maximum atomic E-state index is 3.90. The molecule has 0 aromatic heterocycles. The van der Waals surface area contributed by atoms with Crippen LogP contribution < -0.4 is 5.32 Å². The van der Waals surface area contributed by atoms with E-state index in [0.717, 1.165) is 6.54 Å². The van der Waals surface area contributed by atoms with Gasteiger partial charge in [0.25, 0.3) is 0 Å². The van der Waals surface area contributed by atoms with E-state index in [0.29, 0.717) is 6.04 Å². The Morgan fingerprint density at radius 1 is 2.00 bits per heavy atom. The highest BCUT2D eigenvalue weighted by molar-refractivity contribution is 4.75. The predicted molar refractivity (Wildman–Crippen MR) is 16.5 cm³/mol. The van der Waals surface area contributed by atoms with Crippen LogP contribution in [0.15, 0.2) is 0 Å². The third kappa shape index (κ3) is 0.206. The minimum absolute atomic E-state index is 0.708. The zero-order valence-electron chi connectivity index (χ0n) is 2.73. The van der Waals surface area contributed by atoms with Crippen molar-refractivity contribution in [1.29, 1.82) is 0 Å². The van der Waals surface area contributed by atoms with Crippen LogP contribution in [-0.4, -0.2) is 12.6 Å². The van der Waals surface area contributed by atoms with Crippen LogP contribution in [0.3, 0.4) is 0 Å². The zero-order chi connectivity index (χ0) is 2.99. The standard InChI is InChI=1S/C3H6N/c1-3-2-4-3/h3H,2H2,1H3. The molecule has 0 saturated carbocycles. The van der Waals surface area contributed by atoms with Gasteiger partial charge in [-0.25, -0.2) is 5.32 Å². The molecule has 1 unspecified atom stereocenters. The zero-order valence-corrected chi connectivity index (χ0v) is 2.73. The molecule has 0 aromatic rings. The van der Waals surface area contributed by atoms with Gasteiger partial charge in [-0.1, -0.05) is 0 Å².